The summed E-state index contributed by atoms with van der Waals surface area (Å²) in [5.41, 5.74) is 0.277. The molecule has 0 aromatic carbocycles. The van der Waals surface area contributed by atoms with Crippen LogP contribution in [0.5, 0.6) is 0 Å². The predicted molar refractivity (Wildman–Crippen MR) is 79.0 cm³/mol. The standard InChI is InChI=1S/C13H23N5O2/c1-4-7-18(3)8-5-6-14-13(20)17-12-15-10(2)9-11(19)16-12/h9H,4-8H2,1-3H3,(H3,14,15,16,17,19,20). The predicted octanol–water partition coefficient (Wildman–Crippen LogP) is 0.932. The summed E-state index contributed by atoms with van der Waals surface area (Å²) in [4.78, 5) is 31.5. The highest BCUT2D eigenvalue weighted by Crippen LogP contribution is 1.95. The zero-order valence-electron chi connectivity index (χ0n) is 12.3. The number of hydrogen-bond donors (Lipinski definition) is 3. The van der Waals surface area contributed by atoms with Gasteiger partial charge in [-0.2, -0.15) is 4.98 Å². The van der Waals surface area contributed by atoms with E-state index in [2.05, 4.69) is 39.5 Å². The van der Waals surface area contributed by atoms with Crippen LogP contribution >= 0.6 is 0 Å². The lowest BCUT2D eigenvalue weighted by atomic mass is 10.3. The minimum Gasteiger partial charge on any atom is -0.338 e. The fraction of sp³-hybridized carbons (Fsp3) is 0.615. The van der Waals surface area contributed by atoms with Gasteiger partial charge in [0.1, 0.15) is 0 Å². The van der Waals surface area contributed by atoms with Gasteiger partial charge in [-0.15, -0.1) is 0 Å². The molecule has 0 bridgehead atoms. The number of hydrogen-bond acceptors (Lipinski definition) is 4. The van der Waals surface area contributed by atoms with E-state index in [1.807, 2.05) is 0 Å². The van der Waals surface area contributed by atoms with Gasteiger partial charge in [0.25, 0.3) is 5.56 Å². The molecule has 1 heterocycles. The van der Waals surface area contributed by atoms with Gasteiger partial charge in [-0.1, -0.05) is 6.92 Å². The van der Waals surface area contributed by atoms with Crippen molar-refractivity contribution in [3.63, 3.8) is 0 Å². The highest BCUT2D eigenvalue weighted by molar-refractivity contribution is 5.87. The van der Waals surface area contributed by atoms with Crippen molar-refractivity contribution >= 4 is 12.0 Å². The van der Waals surface area contributed by atoms with E-state index in [4.69, 9.17) is 0 Å². The van der Waals surface area contributed by atoms with Crippen LogP contribution in [-0.4, -0.2) is 47.6 Å². The Labute approximate surface area is 118 Å². The third-order valence-electron chi connectivity index (χ3n) is 2.72. The zero-order chi connectivity index (χ0) is 15.0. The summed E-state index contributed by atoms with van der Waals surface area (Å²) >= 11 is 0. The van der Waals surface area contributed by atoms with Crippen molar-refractivity contribution in [3.8, 4) is 0 Å². The second-order valence-corrected chi connectivity index (χ2v) is 4.79. The number of rotatable bonds is 7. The van der Waals surface area contributed by atoms with Gasteiger partial charge in [0.15, 0.2) is 0 Å². The van der Waals surface area contributed by atoms with E-state index in [1.54, 1.807) is 6.92 Å². The van der Waals surface area contributed by atoms with Crippen molar-refractivity contribution in [1.29, 1.82) is 0 Å². The lowest BCUT2D eigenvalue weighted by Gasteiger charge is -2.15. The lowest BCUT2D eigenvalue weighted by molar-refractivity contribution is 0.250. The number of aryl methyl sites for hydroxylation is 1. The molecule has 0 unspecified atom stereocenters. The number of carbonyl (C=O) groups is 1. The largest absolute Gasteiger partial charge is 0.338 e. The molecule has 0 saturated heterocycles. The monoisotopic (exact) mass is 281 g/mol. The van der Waals surface area contributed by atoms with Crippen LogP contribution in [0.1, 0.15) is 25.5 Å². The molecule has 7 nitrogen and oxygen atoms in total. The topological polar surface area (TPSA) is 90.1 Å². The third-order valence-corrected chi connectivity index (χ3v) is 2.72. The number of anilines is 1. The van der Waals surface area contributed by atoms with Crippen LogP contribution in [-0.2, 0) is 0 Å². The average molecular weight is 281 g/mol. The molecule has 0 aliphatic heterocycles. The number of nitrogens with one attached hydrogen (secondary N) is 3. The molecule has 20 heavy (non-hydrogen) atoms. The van der Waals surface area contributed by atoms with E-state index >= 15 is 0 Å². The highest BCUT2D eigenvalue weighted by atomic mass is 16.2. The molecule has 112 valence electrons. The molecule has 1 rings (SSSR count). The van der Waals surface area contributed by atoms with Gasteiger partial charge in [-0.05, 0) is 39.9 Å². The van der Waals surface area contributed by atoms with Gasteiger partial charge in [-0.3, -0.25) is 10.1 Å². The summed E-state index contributed by atoms with van der Waals surface area (Å²) in [6.07, 6.45) is 2.00. The Morgan fingerprint density at radius 2 is 2.20 bits per heavy atom. The summed E-state index contributed by atoms with van der Waals surface area (Å²) in [6.45, 7) is 6.44. The molecule has 0 spiro atoms. The van der Waals surface area contributed by atoms with E-state index in [1.165, 1.54) is 6.07 Å². The number of aromatic nitrogens is 2. The molecule has 0 aliphatic rings. The Hall–Kier alpha value is -1.89. The van der Waals surface area contributed by atoms with Crippen LogP contribution in [0.2, 0.25) is 0 Å². The lowest BCUT2D eigenvalue weighted by Crippen LogP contribution is -2.33. The second kappa shape index (κ2) is 8.31. The van der Waals surface area contributed by atoms with Gasteiger partial charge in [0.2, 0.25) is 5.95 Å². The highest BCUT2D eigenvalue weighted by Gasteiger charge is 2.04. The third kappa shape index (κ3) is 6.33. The first-order chi connectivity index (χ1) is 9.51. The number of aromatic amines is 1. The molecule has 2 amide bonds. The van der Waals surface area contributed by atoms with Crippen molar-refractivity contribution in [2.24, 2.45) is 0 Å². The Morgan fingerprint density at radius 1 is 1.45 bits per heavy atom. The first-order valence-electron chi connectivity index (χ1n) is 6.82. The van der Waals surface area contributed by atoms with E-state index in [0.29, 0.717) is 12.2 Å². The van der Waals surface area contributed by atoms with Gasteiger partial charge in [0.05, 0.1) is 0 Å². The SMILES string of the molecule is CCCN(C)CCCNC(=O)Nc1nc(=O)cc(C)[nH]1. The zero-order valence-corrected chi connectivity index (χ0v) is 12.3. The van der Waals surface area contributed by atoms with Crippen LogP contribution in [0.25, 0.3) is 0 Å². The van der Waals surface area contributed by atoms with Gasteiger partial charge in [0, 0.05) is 18.3 Å². The normalized spacial score (nSPS) is 10.6. The molecule has 1 aromatic heterocycles. The molecule has 7 heteroatoms. The Morgan fingerprint density at radius 3 is 2.85 bits per heavy atom. The number of amides is 2. The second-order valence-electron chi connectivity index (χ2n) is 4.79. The molecular weight excluding hydrogens is 258 g/mol. The Bertz CT molecular complexity index is 486. The Balaban J connectivity index is 2.28. The first kappa shape index (κ1) is 16.2. The molecule has 0 atom stereocenters. The van der Waals surface area contributed by atoms with Crippen LogP contribution in [0.4, 0.5) is 10.7 Å². The van der Waals surface area contributed by atoms with E-state index in [9.17, 15) is 9.59 Å². The van der Waals surface area contributed by atoms with Gasteiger partial charge in [-0.25, -0.2) is 4.79 Å². The summed E-state index contributed by atoms with van der Waals surface area (Å²) < 4.78 is 0. The van der Waals surface area contributed by atoms with Gasteiger partial charge < -0.3 is 15.2 Å². The van der Waals surface area contributed by atoms with Crippen LogP contribution in [0.15, 0.2) is 10.9 Å². The summed E-state index contributed by atoms with van der Waals surface area (Å²) in [6, 6.07) is 1.00. The minimum atomic E-state index is -0.377. The number of nitrogens with zero attached hydrogens (tertiary/aromatic N) is 2. The van der Waals surface area contributed by atoms with E-state index < -0.39 is 0 Å². The summed E-state index contributed by atoms with van der Waals surface area (Å²) in [5.74, 6) is 0.163. The number of H-pyrrole nitrogens is 1. The van der Waals surface area contributed by atoms with Crippen molar-refractivity contribution in [2.45, 2.75) is 26.7 Å². The molecule has 0 fully saturated rings. The van der Waals surface area contributed by atoms with E-state index in [0.717, 1.165) is 25.9 Å². The molecule has 0 radical (unpaired) electrons. The van der Waals surface area contributed by atoms with Crippen molar-refractivity contribution in [3.05, 3.63) is 22.1 Å². The van der Waals surface area contributed by atoms with Crippen molar-refractivity contribution in [2.75, 3.05) is 32.0 Å². The molecule has 0 saturated carbocycles. The maximum atomic E-state index is 11.6. The smallest absolute Gasteiger partial charge is 0.321 e. The summed E-state index contributed by atoms with van der Waals surface area (Å²) in [7, 11) is 2.06. The maximum Gasteiger partial charge on any atom is 0.321 e. The molecule has 1 aromatic rings. The van der Waals surface area contributed by atoms with E-state index in [-0.39, 0.29) is 17.5 Å². The number of urea groups is 1. The van der Waals surface area contributed by atoms with Crippen molar-refractivity contribution < 1.29 is 4.79 Å². The molecule has 3 N–H and O–H groups in total. The van der Waals surface area contributed by atoms with Crippen LogP contribution in [0, 0.1) is 6.92 Å². The van der Waals surface area contributed by atoms with Crippen LogP contribution in [0.3, 0.4) is 0 Å². The van der Waals surface area contributed by atoms with Crippen molar-refractivity contribution in [1.82, 2.24) is 20.2 Å². The maximum absolute atomic E-state index is 11.6. The number of carbonyl (C=O) groups excluding carboxylic acids is 1. The van der Waals surface area contributed by atoms with Crippen LogP contribution < -0.4 is 16.2 Å². The average Bonchev–Trinajstić information content (AvgIpc) is 2.33. The fourth-order valence-corrected chi connectivity index (χ4v) is 1.83. The molecular formula is C13H23N5O2. The summed E-state index contributed by atoms with van der Waals surface area (Å²) in [5, 5.41) is 5.24. The quantitative estimate of drug-likeness (QED) is 0.649. The van der Waals surface area contributed by atoms with Gasteiger partial charge >= 0.3 is 6.03 Å². The minimum absolute atomic E-state index is 0.163. The molecule has 0 aliphatic carbocycles. The first-order valence-corrected chi connectivity index (χ1v) is 6.82. The fourth-order valence-electron chi connectivity index (χ4n) is 1.83. The Kier molecular flexibility index (Phi) is 6.72.